The summed E-state index contributed by atoms with van der Waals surface area (Å²) in [6.45, 7) is 7.75. The van der Waals surface area contributed by atoms with Crippen LogP contribution < -0.4 is 30.1 Å². The molecule has 0 saturated carbocycles. The Morgan fingerprint density at radius 1 is 0.867 bits per heavy atom. The second-order valence-corrected chi connectivity index (χ2v) is 11.8. The van der Waals surface area contributed by atoms with Crippen LogP contribution in [-0.2, 0) is 4.57 Å². The molecule has 6 heteroatoms. The Hall–Kier alpha value is -1.98. The molecule has 3 aromatic rings. The molecule has 0 atom stereocenters. The molecule has 156 valence electrons. The first-order chi connectivity index (χ1) is 14.2. The van der Waals surface area contributed by atoms with E-state index in [4.69, 9.17) is 14.2 Å². The van der Waals surface area contributed by atoms with Gasteiger partial charge in [0.2, 0.25) is 11.5 Å². The minimum Gasteiger partial charge on any atom is -0.493 e. The number of benzene rings is 3. The van der Waals surface area contributed by atoms with Crippen molar-refractivity contribution in [3.63, 3.8) is 0 Å². The molecule has 0 aromatic heterocycles. The van der Waals surface area contributed by atoms with Crippen LogP contribution in [-0.4, -0.2) is 12.9 Å². The maximum atomic E-state index is 14.9. The summed E-state index contributed by atoms with van der Waals surface area (Å²) in [6, 6.07) is 17.6. The van der Waals surface area contributed by atoms with Crippen LogP contribution in [0, 0.1) is 17.4 Å². The normalized spacial score (nSPS) is 14.6. The summed E-state index contributed by atoms with van der Waals surface area (Å²) in [6.07, 6.45) is 0. The topological polar surface area (TPSA) is 44.8 Å². The Morgan fingerprint density at radius 3 is 1.80 bits per heavy atom. The minimum absolute atomic E-state index is 0.519. The number of halogens is 1. The summed E-state index contributed by atoms with van der Waals surface area (Å²) >= 11 is 2.22. The quantitative estimate of drug-likeness (QED) is 0.347. The first-order valence-corrected chi connectivity index (χ1v) is 12.5. The van der Waals surface area contributed by atoms with E-state index >= 15 is 0 Å². The van der Waals surface area contributed by atoms with Crippen molar-refractivity contribution < 1.29 is 18.8 Å². The number of ether oxygens (including phenoxy) is 3. The number of rotatable bonds is 4. The largest absolute Gasteiger partial charge is 0.493 e. The average Bonchev–Trinajstić information content (AvgIpc) is 3.05. The number of hydrogen-bond acceptors (Lipinski definition) is 4. The fourth-order valence-corrected chi connectivity index (χ4v) is 7.80. The van der Waals surface area contributed by atoms with Crippen molar-refractivity contribution in [3.05, 3.63) is 69.3 Å². The maximum Gasteiger partial charge on any atom is 0.246 e. The van der Waals surface area contributed by atoms with Crippen LogP contribution in [0.2, 0.25) is 0 Å². The highest BCUT2D eigenvalue weighted by Gasteiger charge is 2.41. The first-order valence-electron chi connectivity index (χ1n) is 9.69. The molecule has 1 heterocycles. The Morgan fingerprint density at radius 2 is 1.33 bits per heavy atom. The van der Waals surface area contributed by atoms with Gasteiger partial charge in [0, 0.05) is 29.8 Å². The molecule has 4 nitrogen and oxygen atoms in total. The van der Waals surface area contributed by atoms with E-state index in [9.17, 15) is 4.57 Å². The zero-order valence-electron chi connectivity index (χ0n) is 17.7. The van der Waals surface area contributed by atoms with Crippen molar-refractivity contribution in [3.8, 4) is 17.2 Å². The second-order valence-electron chi connectivity index (χ2n) is 7.95. The van der Waals surface area contributed by atoms with E-state index in [2.05, 4.69) is 22.6 Å². The lowest BCUT2D eigenvalue weighted by Gasteiger charge is -2.23. The molecule has 0 amide bonds. The Labute approximate surface area is 191 Å². The average molecular weight is 534 g/mol. The number of fused-ring (bicyclic) bond motifs is 1. The monoisotopic (exact) mass is 534 g/mol. The molecule has 0 saturated heterocycles. The van der Waals surface area contributed by atoms with E-state index in [0.29, 0.717) is 22.6 Å². The van der Waals surface area contributed by atoms with E-state index in [1.54, 1.807) is 7.11 Å². The molecule has 1 aliphatic heterocycles. The van der Waals surface area contributed by atoms with Gasteiger partial charge in [0.15, 0.2) is 18.6 Å². The highest BCUT2D eigenvalue weighted by atomic mass is 127. The first kappa shape index (κ1) is 21.3. The van der Waals surface area contributed by atoms with Gasteiger partial charge < -0.3 is 18.8 Å². The number of aryl methyl sites for hydroxylation is 2. The van der Waals surface area contributed by atoms with Gasteiger partial charge in [-0.3, -0.25) is 0 Å². The molecule has 3 aromatic carbocycles. The molecule has 0 spiro atoms. The predicted octanol–water partition coefficient (Wildman–Crippen LogP) is 5.06. The van der Waals surface area contributed by atoms with Gasteiger partial charge in [0.1, 0.15) is 0 Å². The summed E-state index contributed by atoms with van der Waals surface area (Å²) in [5, 5.41) is 2.23. The molecular formula is C24H24IO4P. The third kappa shape index (κ3) is 3.52. The molecule has 0 N–H and O–H groups in total. The van der Waals surface area contributed by atoms with Gasteiger partial charge in [-0.2, -0.15) is 0 Å². The predicted molar refractivity (Wildman–Crippen MR) is 130 cm³/mol. The van der Waals surface area contributed by atoms with Gasteiger partial charge in [0.25, 0.3) is 0 Å². The van der Waals surface area contributed by atoms with Crippen LogP contribution in [0.25, 0.3) is 0 Å². The fraction of sp³-hybridized carbons (Fsp3) is 0.250. The van der Waals surface area contributed by atoms with Gasteiger partial charge in [-0.1, -0.05) is 59.7 Å². The van der Waals surface area contributed by atoms with Crippen molar-refractivity contribution in [2.75, 3.05) is 7.11 Å². The van der Waals surface area contributed by atoms with Gasteiger partial charge >= 0.3 is 0 Å². The molecule has 30 heavy (non-hydrogen) atoms. The third-order valence-corrected chi connectivity index (χ3v) is 9.75. The highest BCUT2D eigenvalue weighted by molar-refractivity contribution is 14.1. The van der Waals surface area contributed by atoms with E-state index in [-0.39, 0.29) is 0 Å². The zero-order chi connectivity index (χ0) is 21.7. The summed E-state index contributed by atoms with van der Waals surface area (Å²) in [5.74, 6) is 0.834. The van der Waals surface area contributed by atoms with Crippen molar-refractivity contribution in [1.29, 1.82) is 0 Å². The van der Waals surface area contributed by atoms with Crippen molar-refractivity contribution in [2.24, 2.45) is 0 Å². The van der Waals surface area contributed by atoms with Crippen LogP contribution in [0.3, 0.4) is 0 Å². The Kier molecular flexibility index (Phi) is 5.39. The summed E-state index contributed by atoms with van der Waals surface area (Å²) < 4.78 is 33.4. The standard InChI is InChI=1S/C24H24IO4P/c1-15-6-10-17(11-7-15)30(26,18-12-8-16(2)9-13-18)20-14-19(27-5)22-23(21(20)25)29-24(3,4)28-22/h6-14H,1-5H3. The second kappa shape index (κ2) is 7.61. The zero-order valence-corrected chi connectivity index (χ0v) is 20.7. The maximum absolute atomic E-state index is 14.9. The van der Waals surface area contributed by atoms with Crippen LogP contribution in [0.15, 0.2) is 54.6 Å². The van der Waals surface area contributed by atoms with Gasteiger partial charge in [0.05, 0.1) is 10.7 Å². The fourth-order valence-electron chi connectivity index (χ4n) is 3.60. The summed E-state index contributed by atoms with van der Waals surface area (Å²) in [4.78, 5) is 0. The van der Waals surface area contributed by atoms with Crippen LogP contribution in [0.5, 0.6) is 17.2 Å². The Bertz CT molecular complexity index is 1100. The molecule has 0 aliphatic carbocycles. The Balaban J connectivity index is 2.03. The molecule has 1 aliphatic rings. The molecule has 0 bridgehead atoms. The number of hydrogen-bond donors (Lipinski definition) is 0. The smallest absolute Gasteiger partial charge is 0.246 e. The molecule has 0 fully saturated rings. The highest BCUT2D eigenvalue weighted by Crippen LogP contribution is 2.53. The van der Waals surface area contributed by atoms with Gasteiger partial charge in [-0.25, -0.2) is 0 Å². The van der Waals surface area contributed by atoms with Crippen molar-refractivity contribution >= 4 is 45.6 Å². The third-order valence-electron chi connectivity index (χ3n) is 5.17. The molecule has 0 radical (unpaired) electrons. The summed E-state index contributed by atoms with van der Waals surface area (Å²) in [7, 11) is -1.60. The van der Waals surface area contributed by atoms with Crippen LogP contribution >= 0.6 is 29.7 Å². The van der Waals surface area contributed by atoms with Gasteiger partial charge in [-0.15, -0.1) is 0 Å². The van der Waals surface area contributed by atoms with E-state index in [1.165, 1.54) is 0 Å². The van der Waals surface area contributed by atoms with Gasteiger partial charge in [-0.05, 0) is 42.5 Å². The minimum atomic E-state index is -3.19. The molecule has 4 rings (SSSR count). The molecule has 0 unspecified atom stereocenters. The summed E-state index contributed by atoms with van der Waals surface area (Å²) in [5.41, 5.74) is 2.24. The van der Waals surface area contributed by atoms with E-state index in [1.807, 2.05) is 82.3 Å². The van der Waals surface area contributed by atoms with Crippen LogP contribution in [0.4, 0.5) is 0 Å². The number of methoxy groups -OCH3 is 1. The molecular weight excluding hydrogens is 510 g/mol. The SMILES string of the molecule is COc1cc(P(=O)(c2ccc(C)cc2)c2ccc(C)cc2)c(I)c2c1OC(C)(C)O2. The van der Waals surface area contributed by atoms with Crippen molar-refractivity contribution in [2.45, 2.75) is 33.5 Å². The van der Waals surface area contributed by atoms with E-state index < -0.39 is 12.9 Å². The lowest BCUT2D eigenvalue weighted by atomic mass is 10.2. The van der Waals surface area contributed by atoms with Crippen LogP contribution in [0.1, 0.15) is 25.0 Å². The lowest BCUT2D eigenvalue weighted by Crippen LogP contribution is -2.30. The lowest BCUT2D eigenvalue weighted by molar-refractivity contribution is -0.0442. The van der Waals surface area contributed by atoms with E-state index in [0.717, 1.165) is 25.3 Å². The van der Waals surface area contributed by atoms with Crippen molar-refractivity contribution in [1.82, 2.24) is 0 Å².